The number of hydrogen-bond acceptors (Lipinski definition) is 0. The van der Waals surface area contributed by atoms with Crippen LogP contribution in [0, 0.1) is 0 Å². The third kappa shape index (κ3) is 7.10. The summed E-state index contributed by atoms with van der Waals surface area (Å²) in [6.45, 7) is 14.0. The van der Waals surface area contributed by atoms with Crippen molar-refractivity contribution in [2.24, 2.45) is 0 Å². The molecule has 5 heteroatoms. The molecule has 0 unspecified atom stereocenters. The van der Waals surface area contributed by atoms with Crippen LogP contribution in [0.25, 0.3) is 32.7 Å². The van der Waals surface area contributed by atoms with Gasteiger partial charge in [-0.2, -0.15) is 0 Å². The molecule has 0 nitrogen and oxygen atoms in total. The van der Waals surface area contributed by atoms with E-state index in [-0.39, 0.29) is 35.6 Å². The number of allylic oxidation sites excluding steroid dienone is 4. The molecule has 2 aliphatic rings. The quantitative estimate of drug-likeness (QED) is 0.181. The van der Waals surface area contributed by atoms with Crippen molar-refractivity contribution < 1.29 is 46.1 Å². The van der Waals surface area contributed by atoms with E-state index in [1.807, 2.05) is 0 Å². The molecule has 0 amide bonds. The number of benzene rings is 6. The first-order valence-electron chi connectivity index (χ1n) is 17.6. The van der Waals surface area contributed by atoms with Gasteiger partial charge in [-0.25, -0.2) is 0 Å². The second-order valence-electron chi connectivity index (χ2n) is 16.0. The molecule has 0 N–H and O–H groups in total. The van der Waals surface area contributed by atoms with Gasteiger partial charge in [0, 0.05) is 0 Å². The molecule has 0 fully saturated rings. The summed E-state index contributed by atoms with van der Waals surface area (Å²) in [7, 11) is 0. The van der Waals surface area contributed by atoms with Gasteiger partial charge >= 0.3 is 317 Å². The molecule has 8 rings (SSSR count). The summed E-state index contributed by atoms with van der Waals surface area (Å²) in [6, 6.07) is 38.5. The second-order valence-corrected chi connectivity index (χ2v) is 23.1. The van der Waals surface area contributed by atoms with Crippen molar-refractivity contribution in [3.8, 4) is 11.1 Å². The van der Waals surface area contributed by atoms with Crippen LogP contribution in [-0.2, 0) is 38.5 Å². The molecule has 262 valence electrons. The Morgan fingerprint density at radius 1 is 0.596 bits per heavy atom. The van der Waals surface area contributed by atoms with Crippen molar-refractivity contribution in [3.05, 3.63) is 171 Å². The van der Waals surface area contributed by atoms with E-state index in [1.165, 1.54) is 58.5 Å². The first-order valence-corrected chi connectivity index (χ1v) is 22.3. The average Bonchev–Trinajstić information content (AvgIpc) is 3.73. The molecule has 0 radical (unpaired) electrons. The fraction of sp³-hybridized carbons (Fsp3) is 0.213. The summed E-state index contributed by atoms with van der Waals surface area (Å²) < 4.78 is 3.36. The Labute approximate surface area is 338 Å². The molecule has 6 aromatic carbocycles. The number of rotatable bonds is 4. The molecular weight excluding hydrogens is 798 g/mol. The van der Waals surface area contributed by atoms with Crippen molar-refractivity contribution in [1.29, 1.82) is 0 Å². The van der Waals surface area contributed by atoms with Crippen LogP contribution >= 0.6 is 23.2 Å². The summed E-state index contributed by atoms with van der Waals surface area (Å²) in [5.41, 5.74) is 11.1. The maximum atomic E-state index is 7.06. The Morgan fingerprint density at radius 3 is 1.65 bits per heavy atom. The average molecular weight is 840 g/mol. The normalized spacial score (nSPS) is 13.4. The molecule has 0 heterocycles. The molecule has 0 saturated carbocycles. The van der Waals surface area contributed by atoms with E-state index >= 15 is 0 Å². The van der Waals surface area contributed by atoms with Gasteiger partial charge in [0.1, 0.15) is 0 Å². The van der Waals surface area contributed by atoms with Crippen LogP contribution < -0.4 is 28.1 Å². The fourth-order valence-corrected chi connectivity index (χ4v) is 16.8. The standard InChI is InChI=1S/C21H12Cl2.C21H25.C5H5.2ClH.Zr/c22-18-10-14-5-1-3-7-20(14)16(12-18)9-17-13-19(23)11-15-6-2-4-8-21(15)17;1-20(2,3)16-9-7-14-11-15-8-10-17(21(4,5)6)13-19(15)18(14)12-16;1-2-4-5-3-1;;;/h1-8,10-13H;7,9-10,12-13H,11H2,1-6H3;1-5H;2*1H;/q;;;;;+2/p-2. The van der Waals surface area contributed by atoms with Crippen molar-refractivity contribution in [2.45, 2.75) is 62.4 Å². The van der Waals surface area contributed by atoms with Gasteiger partial charge in [-0.3, -0.25) is 0 Å². The van der Waals surface area contributed by atoms with Crippen molar-refractivity contribution in [1.82, 2.24) is 0 Å². The van der Waals surface area contributed by atoms with Crippen molar-refractivity contribution >= 4 is 51.2 Å². The fourth-order valence-electron chi connectivity index (χ4n) is 7.92. The van der Waals surface area contributed by atoms with Gasteiger partial charge < -0.3 is 24.8 Å². The minimum atomic E-state index is -3.06. The van der Waals surface area contributed by atoms with E-state index in [9.17, 15) is 0 Å². The molecule has 0 bridgehead atoms. The summed E-state index contributed by atoms with van der Waals surface area (Å²) in [4.78, 5) is 0. The van der Waals surface area contributed by atoms with Crippen LogP contribution in [-0.4, -0.2) is 3.21 Å². The largest absolute Gasteiger partial charge is 1.00 e. The molecule has 2 aliphatic carbocycles. The maximum absolute atomic E-state index is 7.06. The van der Waals surface area contributed by atoms with Gasteiger partial charge in [-0.15, -0.1) is 0 Å². The Kier molecular flexibility index (Phi) is 11.1. The first kappa shape index (κ1) is 38.9. The summed E-state index contributed by atoms with van der Waals surface area (Å²) in [6.07, 6.45) is 10.4. The van der Waals surface area contributed by atoms with Gasteiger partial charge in [0.15, 0.2) is 0 Å². The van der Waals surface area contributed by atoms with Crippen LogP contribution in [0.15, 0.2) is 127 Å². The molecule has 0 saturated heterocycles. The van der Waals surface area contributed by atoms with E-state index in [0.717, 1.165) is 27.2 Å². The topological polar surface area (TPSA) is 0 Å². The molecule has 0 aliphatic heterocycles. The Bertz CT molecular complexity index is 2350. The molecule has 52 heavy (non-hydrogen) atoms. The van der Waals surface area contributed by atoms with E-state index < -0.39 is 21.3 Å². The zero-order valence-electron chi connectivity index (χ0n) is 30.4. The van der Waals surface area contributed by atoms with Crippen LogP contribution in [0.4, 0.5) is 0 Å². The second kappa shape index (κ2) is 14.8. The molecule has 0 atom stereocenters. The van der Waals surface area contributed by atoms with Gasteiger partial charge in [-0.05, 0) is 0 Å². The molecule has 0 aromatic heterocycles. The predicted molar refractivity (Wildman–Crippen MR) is 215 cm³/mol. The summed E-state index contributed by atoms with van der Waals surface area (Å²) in [5, 5.41) is 6.32. The van der Waals surface area contributed by atoms with Gasteiger partial charge in [0.2, 0.25) is 0 Å². The Hall–Kier alpha value is -2.77. The zero-order chi connectivity index (χ0) is 34.9. The number of fused-ring (bicyclic) bond motifs is 5. The van der Waals surface area contributed by atoms with Crippen molar-refractivity contribution in [2.75, 3.05) is 0 Å². The van der Waals surface area contributed by atoms with E-state index in [0.29, 0.717) is 3.63 Å². The summed E-state index contributed by atoms with van der Waals surface area (Å²) in [5.74, 6) is 0. The third-order valence-electron chi connectivity index (χ3n) is 10.6. The Balaban J connectivity index is 0.00000232. The van der Waals surface area contributed by atoms with Gasteiger partial charge in [-0.1, -0.05) is 0 Å². The minimum absolute atomic E-state index is 0. The smallest absolute Gasteiger partial charge is 1.00 e. The molecule has 0 spiro atoms. The van der Waals surface area contributed by atoms with E-state index in [4.69, 9.17) is 23.2 Å². The molecule has 6 aromatic rings. The van der Waals surface area contributed by atoms with Crippen LogP contribution in [0.2, 0.25) is 13.7 Å². The number of hydrogen-bond donors (Lipinski definition) is 0. The van der Waals surface area contributed by atoms with Gasteiger partial charge in [0.05, 0.1) is 0 Å². The Morgan fingerprint density at radius 2 is 1.12 bits per heavy atom. The van der Waals surface area contributed by atoms with Gasteiger partial charge in [0.25, 0.3) is 0 Å². The van der Waals surface area contributed by atoms with E-state index in [1.54, 1.807) is 3.27 Å². The zero-order valence-corrected chi connectivity index (χ0v) is 35.9. The minimum Gasteiger partial charge on any atom is -1.00 e. The van der Waals surface area contributed by atoms with Crippen LogP contribution in [0.5, 0.6) is 0 Å². The predicted octanol–water partition coefficient (Wildman–Crippen LogP) is 6.90. The van der Waals surface area contributed by atoms with Crippen LogP contribution in [0.3, 0.4) is 0 Å². The third-order valence-corrected chi connectivity index (χ3v) is 18.8. The molecular formula is C47H42Cl4Zr. The van der Waals surface area contributed by atoms with Crippen LogP contribution in [0.1, 0.15) is 74.9 Å². The van der Waals surface area contributed by atoms with E-state index in [2.05, 4.69) is 169 Å². The maximum Gasteiger partial charge on any atom is -1.00 e. The SMILES string of the molecule is CC(C)(C)c1ccc2c(c1)-c1cc(C(C)(C)C)c[c]([Zr+2](=[C](c3cc(Cl)cc4ccccc34)c3cc(Cl)cc4ccccc34)[CH]3C=CC=C3)c1C2.[Cl-].[Cl-]. The number of halogens is 4. The summed E-state index contributed by atoms with van der Waals surface area (Å²) >= 11 is 11.1. The monoisotopic (exact) mass is 836 g/mol. The first-order chi connectivity index (χ1) is 23.9. The van der Waals surface area contributed by atoms with Crippen molar-refractivity contribution in [3.63, 3.8) is 0 Å².